The predicted octanol–water partition coefficient (Wildman–Crippen LogP) is 4.74. The number of para-hydroxylation sites is 1. The lowest BCUT2D eigenvalue weighted by molar-refractivity contribution is 0.0323. The molecule has 1 aliphatic heterocycles. The van der Waals surface area contributed by atoms with Crippen LogP contribution in [0.5, 0.6) is 11.5 Å². The predicted molar refractivity (Wildman–Crippen MR) is 106 cm³/mol. The van der Waals surface area contributed by atoms with E-state index in [9.17, 15) is 9.59 Å². The first-order valence-corrected chi connectivity index (χ1v) is 9.62. The molecule has 0 N–H and O–H groups in total. The number of ketones is 1. The third-order valence-electron chi connectivity index (χ3n) is 4.55. The fourth-order valence-corrected chi connectivity index (χ4v) is 4.14. The van der Waals surface area contributed by atoms with Gasteiger partial charge in [0.1, 0.15) is 23.0 Å². The van der Waals surface area contributed by atoms with Crippen molar-refractivity contribution < 1.29 is 23.8 Å². The molecule has 142 valence electrons. The summed E-state index contributed by atoms with van der Waals surface area (Å²) in [4.78, 5) is 26.6. The number of carbonyl (C=O) groups is 2. The lowest BCUT2D eigenvalue weighted by Crippen LogP contribution is -2.24. The summed E-state index contributed by atoms with van der Waals surface area (Å²) in [6.07, 6.45) is -0.886. The lowest BCUT2D eigenvalue weighted by atomic mass is 10.1. The molecule has 0 bridgehead atoms. The highest BCUT2D eigenvalue weighted by atomic mass is 32.1. The molecule has 0 fully saturated rings. The van der Waals surface area contributed by atoms with Crippen molar-refractivity contribution in [1.29, 1.82) is 0 Å². The first-order chi connectivity index (χ1) is 13.6. The van der Waals surface area contributed by atoms with Crippen LogP contribution in [0.25, 0.3) is 10.4 Å². The van der Waals surface area contributed by atoms with E-state index in [4.69, 9.17) is 14.2 Å². The number of Topliss-reactive ketones (excluding diaryl/α,β-unsaturated/α-hetero) is 1. The van der Waals surface area contributed by atoms with Gasteiger partial charge in [0.25, 0.3) is 0 Å². The van der Waals surface area contributed by atoms with Gasteiger partial charge >= 0.3 is 5.97 Å². The molecule has 1 aromatic heterocycles. The SMILES string of the molecule is COc1ccc(C(=O)[C@H](C)OC(=O)c2cc3c(s2)-c2ccccc2OC3)cc1. The minimum atomic E-state index is -0.886. The van der Waals surface area contributed by atoms with Crippen molar-refractivity contribution in [2.45, 2.75) is 19.6 Å². The summed E-state index contributed by atoms with van der Waals surface area (Å²) < 4.78 is 16.2. The minimum Gasteiger partial charge on any atom is -0.497 e. The maximum Gasteiger partial charge on any atom is 0.349 e. The normalized spacial score (nSPS) is 12.9. The average Bonchev–Trinajstić information content (AvgIpc) is 3.18. The molecule has 0 saturated carbocycles. The molecule has 0 radical (unpaired) electrons. The minimum absolute atomic E-state index is 0.258. The molecule has 0 aliphatic carbocycles. The summed E-state index contributed by atoms with van der Waals surface area (Å²) >= 11 is 1.36. The van der Waals surface area contributed by atoms with Gasteiger partial charge in [-0.25, -0.2) is 4.79 Å². The molecule has 5 nitrogen and oxygen atoms in total. The van der Waals surface area contributed by atoms with Gasteiger partial charge in [-0.1, -0.05) is 12.1 Å². The molecule has 0 unspecified atom stereocenters. The van der Waals surface area contributed by atoms with E-state index in [0.29, 0.717) is 22.8 Å². The third kappa shape index (κ3) is 3.39. The Labute approximate surface area is 166 Å². The van der Waals surface area contributed by atoms with Crippen molar-refractivity contribution in [3.05, 3.63) is 70.6 Å². The number of esters is 1. The maximum absolute atomic E-state index is 12.6. The monoisotopic (exact) mass is 394 g/mol. The zero-order chi connectivity index (χ0) is 19.7. The maximum atomic E-state index is 12.6. The highest BCUT2D eigenvalue weighted by Crippen LogP contribution is 2.42. The number of benzene rings is 2. The number of fused-ring (bicyclic) bond motifs is 3. The number of carbonyl (C=O) groups excluding carboxylic acids is 2. The Morgan fingerprint density at radius 1 is 1.11 bits per heavy atom. The molecule has 1 atom stereocenters. The van der Waals surface area contributed by atoms with E-state index in [1.807, 2.05) is 24.3 Å². The zero-order valence-electron chi connectivity index (χ0n) is 15.4. The van der Waals surface area contributed by atoms with Gasteiger partial charge in [-0.2, -0.15) is 0 Å². The van der Waals surface area contributed by atoms with Crippen molar-refractivity contribution in [2.75, 3.05) is 7.11 Å². The molecule has 0 saturated heterocycles. The second kappa shape index (κ2) is 7.48. The molecule has 0 spiro atoms. The highest BCUT2D eigenvalue weighted by Gasteiger charge is 2.25. The second-order valence-corrected chi connectivity index (χ2v) is 7.44. The first kappa shape index (κ1) is 18.3. The third-order valence-corrected chi connectivity index (χ3v) is 5.74. The van der Waals surface area contributed by atoms with Crippen LogP contribution in [-0.2, 0) is 11.3 Å². The van der Waals surface area contributed by atoms with Gasteiger partial charge in [-0.15, -0.1) is 11.3 Å². The van der Waals surface area contributed by atoms with Gasteiger partial charge < -0.3 is 14.2 Å². The van der Waals surface area contributed by atoms with Crippen LogP contribution >= 0.6 is 11.3 Å². The lowest BCUT2D eigenvalue weighted by Gasteiger charge is -2.16. The molecule has 28 heavy (non-hydrogen) atoms. The molecule has 2 aromatic carbocycles. The summed E-state index contributed by atoms with van der Waals surface area (Å²) in [6, 6.07) is 16.2. The molecule has 1 aliphatic rings. The average molecular weight is 394 g/mol. The Bertz CT molecular complexity index is 1040. The van der Waals surface area contributed by atoms with Crippen LogP contribution in [0, 0.1) is 0 Å². The van der Waals surface area contributed by atoms with Gasteiger partial charge in [0.15, 0.2) is 6.10 Å². The quantitative estimate of drug-likeness (QED) is 0.462. The van der Waals surface area contributed by atoms with E-state index in [0.717, 1.165) is 21.8 Å². The van der Waals surface area contributed by atoms with Crippen molar-refractivity contribution >= 4 is 23.1 Å². The van der Waals surface area contributed by atoms with E-state index < -0.39 is 12.1 Å². The second-order valence-electron chi connectivity index (χ2n) is 6.39. The number of rotatable bonds is 5. The standard InChI is InChI=1S/C22H18O5S/c1-13(20(23)14-7-9-16(25-2)10-8-14)27-22(24)19-11-15-12-26-18-6-4-3-5-17(18)21(15)28-19/h3-11,13H,12H2,1-2H3/t13-/m0/s1. The van der Waals surface area contributed by atoms with Gasteiger partial charge in [-0.3, -0.25) is 4.79 Å². The Morgan fingerprint density at radius 2 is 1.86 bits per heavy atom. The van der Waals surface area contributed by atoms with Crippen LogP contribution in [0.1, 0.15) is 32.5 Å². The molecule has 0 amide bonds. The molecule has 4 rings (SSSR count). The topological polar surface area (TPSA) is 61.8 Å². The Hall–Kier alpha value is -3.12. The highest BCUT2D eigenvalue weighted by molar-refractivity contribution is 7.17. The van der Waals surface area contributed by atoms with Crippen LogP contribution < -0.4 is 9.47 Å². The molecular formula is C22H18O5S. The molecule has 3 aromatic rings. The van der Waals surface area contributed by atoms with E-state index in [1.54, 1.807) is 44.4 Å². The Kier molecular flexibility index (Phi) is 4.88. The van der Waals surface area contributed by atoms with Crippen LogP contribution in [-0.4, -0.2) is 25.0 Å². The van der Waals surface area contributed by atoms with Gasteiger partial charge in [-0.05, 0) is 49.4 Å². The smallest absolute Gasteiger partial charge is 0.349 e. The van der Waals surface area contributed by atoms with Crippen LogP contribution in [0.4, 0.5) is 0 Å². The summed E-state index contributed by atoms with van der Waals surface area (Å²) in [5.74, 6) is 0.699. The summed E-state index contributed by atoms with van der Waals surface area (Å²) in [6.45, 7) is 1.99. The number of thiophene rings is 1. The van der Waals surface area contributed by atoms with Crippen molar-refractivity contribution in [2.24, 2.45) is 0 Å². The van der Waals surface area contributed by atoms with E-state index in [-0.39, 0.29) is 5.78 Å². The molecular weight excluding hydrogens is 376 g/mol. The van der Waals surface area contributed by atoms with E-state index >= 15 is 0 Å². The Balaban J connectivity index is 1.50. The van der Waals surface area contributed by atoms with Crippen LogP contribution in [0.15, 0.2) is 54.6 Å². The summed E-state index contributed by atoms with van der Waals surface area (Å²) in [5.41, 5.74) is 2.38. The number of ether oxygens (including phenoxy) is 3. The van der Waals surface area contributed by atoms with Crippen LogP contribution in [0.2, 0.25) is 0 Å². The largest absolute Gasteiger partial charge is 0.497 e. The van der Waals surface area contributed by atoms with Crippen molar-refractivity contribution in [3.8, 4) is 21.9 Å². The fourth-order valence-electron chi connectivity index (χ4n) is 3.06. The van der Waals surface area contributed by atoms with Gasteiger partial charge in [0.2, 0.25) is 5.78 Å². The molecule has 6 heteroatoms. The first-order valence-electron chi connectivity index (χ1n) is 8.81. The van der Waals surface area contributed by atoms with E-state index in [1.165, 1.54) is 11.3 Å². The number of hydrogen-bond donors (Lipinski definition) is 0. The van der Waals surface area contributed by atoms with E-state index in [2.05, 4.69) is 0 Å². The fraction of sp³-hybridized carbons (Fsp3) is 0.182. The van der Waals surface area contributed by atoms with Crippen molar-refractivity contribution in [3.63, 3.8) is 0 Å². The van der Waals surface area contributed by atoms with Gasteiger partial charge in [0.05, 0.1) is 7.11 Å². The Morgan fingerprint density at radius 3 is 2.61 bits per heavy atom. The number of methoxy groups -OCH3 is 1. The zero-order valence-corrected chi connectivity index (χ0v) is 16.2. The van der Waals surface area contributed by atoms with Crippen molar-refractivity contribution in [1.82, 2.24) is 0 Å². The summed E-state index contributed by atoms with van der Waals surface area (Å²) in [5, 5.41) is 0. The van der Waals surface area contributed by atoms with Crippen LogP contribution in [0.3, 0.4) is 0 Å². The number of hydrogen-bond acceptors (Lipinski definition) is 6. The summed E-state index contributed by atoms with van der Waals surface area (Å²) in [7, 11) is 1.56. The van der Waals surface area contributed by atoms with Gasteiger partial charge in [0, 0.05) is 21.6 Å². The molecule has 2 heterocycles.